The summed E-state index contributed by atoms with van der Waals surface area (Å²) in [7, 11) is 4.45. The Bertz CT molecular complexity index is 1460. The molecule has 5 rings (SSSR count). The molecule has 9 nitrogen and oxygen atoms in total. The van der Waals surface area contributed by atoms with E-state index in [9.17, 15) is 9.59 Å². The van der Waals surface area contributed by atoms with Crippen LogP contribution in [0.5, 0.6) is 34.5 Å². The van der Waals surface area contributed by atoms with Crippen LogP contribution in [-0.4, -0.2) is 52.7 Å². The number of carbonyl (C=O) groups is 2. The standard InChI is InChI=1S/C28H24O9/c1-31-25-11-17(12-26(32-2)28(25)33-3)27(30)20-14-37-22-7-5-18(13-19(20)22)36-15-21(29)16-4-6-23-24(10-16)35-9-8-34-23/h4-7,10-14H,8-9,15H2,1-3H3. The molecule has 1 aliphatic rings. The van der Waals surface area contributed by atoms with Crippen molar-refractivity contribution in [2.45, 2.75) is 0 Å². The van der Waals surface area contributed by atoms with Crippen molar-refractivity contribution < 1.29 is 42.4 Å². The minimum atomic E-state index is -0.303. The summed E-state index contributed by atoms with van der Waals surface area (Å²) in [4.78, 5) is 26.1. The summed E-state index contributed by atoms with van der Waals surface area (Å²) < 4.78 is 38.5. The predicted molar refractivity (Wildman–Crippen MR) is 133 cm³/mol. The summed E-state index contributed by atoms with van der Waals surface area (Å²) in [6.45, 7) is 0.714. The minimum absolute atomic E-state index is 0.195. The quantitative estimate of drug-likeness (QED) is 0.300. The minimum Gasteiger partial charge on any atom is -0.493 e. The second-order valence-electron chi connectivity index (χ2n) is 8.12. The number of Topliss-reactive ketones (excluding diaryl/α,β-unsaturated/α-hetero) is 1. The largest absolute Gasteiger partial charge is 0.493 e. The van der Waals surface area contributed by atoms with Crippen molar-refractivity contribution in [1.82, 2.24) is 0 Å². The van der Waals surface area contributed by atoms with Crippen LogP contribution in [0.2, 0.25) is 0 Å². The van der Waals surface area contributed by atoms with E-state index in [0.717, 1.165) is 0 Å². The first-order valence-electron chi connectivity index (χ1n) is 11.4. The van der Waals surface area contributed by atoms with Gasteiger partial charge in [-0.15, -0.1) is 0 Å². The molecule has 0 atom stereocenters. The molecule has 0 bridgehead atoms. The van der Waals surface area contributed by atoms with E-state index in [1.807, 2.05) is 0 Å². The third kappa shape index (κ3) is 4.63. The van der Waals surface area contributed by atoms with Gasteiger partial charge < -0.3 is 32.8 Å². The average molecular weight is 504 g/mol. The molecule has 0 unspecified atom stereocenters. The van der Waals surface area contributed by atoms with E-state index in [1.165, 1.54) is 27.6 Å². The Kier molecular flexibility index (Phi) is 6.59. The third-order valence-corrected chi connectivity index (χ3v) is 5.95. The lowest BCUT2D eigenvalue weighted by Crippen LogP contribution is -2.17. The van der Waals surface area contributed by atoms with Gasteiger partial charge in [-0.05, 0) is 48.5 Å². The van der Waals surface area contributed by atoms with Crippen LogP contribution in [0, 0.1) is 0 Å². The van der Waals surface area contributed by atoms with Crippen molar-refractivity contribution in [3.63, 3.8) is 0 Å². The van der Waals surface area contributed by atoms with Crippen LogP contribution in [0.3, 0.4) is 0 Å². The van der Waals surface area contributed by atoms with E-state index in [-0.39, 0.29) is 18.2 Å². The highest BCUT2D eigenvalue weighted by Crippen LogP contribution is 2.39. The van der Waals surface area contributed by atoms with Gasteiger partial charge in [-0.25, -0.2) is 0 Å². The van der Waals surface area contributed by atoms with Crippen LogP contribution in [0.15, 0.2) is 59.2 Å². The Hall–Kier alpha value is -4.66. The summed E-state index contributed by atoms with van der Waals surface area (Å²) in [6, 6.07) is 13.2. The number of fused-ring (bicyclic) bond motifs is 2. The highest BCUT2D eigenvalue weighted by Gasteiger charge is 2.22. The number of ketones is 2. The maximum atomic E-state index is 13.4. The molecule has 3 aromatic carbocycles. The zero-order valence-electron chi connectivity index (χ0n) is 20.5. The van der Waals surface area contributed by atoms with Crippen molar-refractivity contribution in [2.75, 3.05) is 41.2 Å². The average Bonchev–Trinajstić information content (AvgIpc) is 3.37. The van der Waals surface area contributed by atoms with Gasteiger partial charge in [0.15, 0.2) is 41.2 Å². The van der Waals surface area contributed by atoms with Crippen LogP contribution in [0.25, 0.3) is 11.0 Å². The van der Waals surface area contributed by atoms with E-state index in [4.69, 9.17) is 32.8 Å². The number of benzene rings is 3. The zero-order chi connectivity index (χ0) is 25.9. The SMILES string of the molecule is COc1cc(C(=O)c2coc3ccc(OCC(=O)c4ccc5c(c4)OCCO5)cc23)cc(OC)c1OC. The lowest BCUT2D eigenvalue weighted by atomic mass is 10.0. The molecular weight excluding hydrogens is 480 g/mol. The molecule has 0 N–H and O–H groups in total. The molecule has 1 aliphatic heterocycles. The van der Waals surface area contributed by atoms with Crippen molar-refractivity contribution in [3.8, 4) is 34.5 Å². The lowest BCUT2D eigenvalue weighted by Gasteiger charge is -2.18. The van der Waals surface area contributed by atoms with E-state index in [0.29, 0.717) is 75.4 Å². The summed E-state index contributed by atoms with van der Waals surface area (Å²) in [5, 5.41) is 0.544. The van der Waals surface area contributed by atoms with Crippen LogP contribution < -0.4 is 28.4 Å². The van der Waals surface area contributed by atoms with Crippen LogP contribution in [-0.2, 0) is 0 Å². The van der Waals surface area contributed by atoms with Gasteiger partial charge in [-0.2, -0.15) is 0 Å². The van der Waals surface area contributed by atoms with Crippen molar-refractivity contribution in [2.24, 2.45) is 0 Å². The molecule has 0 fully saturated rings. The first-order chi connectivity index (χ1) is 18.0. The topological polar surface area (TPSA) is 103 Å². The molecule has 0 aliphatic carbocycles. The molecule has 4 aromatic rings. The number of hydrogen-bond donors (Lipinski definition) is 0. The fraction of sp³-hybridized carbons (Fsp3) is 0.214. The maximum Gasteiger partial charge on any atom is 0.203 e. The molecule has 1 aromatic heterocycles. The van der Waals surface area contributed by atoms with Crippen molar-refractivity contribution in [1.29, 1.82) is 0 Å². The second kappa shape index (κ2) is 10.1. The van der Waals surface area contributed by atoms with Gasteiger partial charge in [-0.3, -0.25) is 9.59 Å². The summed E-state index contributed by atoms with van der Waals surface area (Å²) in [5.41, 5.74) is 1.61. The molecule has 37 heavy (non-hydrogen) atoms. The maximum absolute atomic E-state index is 13.4. The number of furan rings is 1. The van der Waals surface area contributed by atoms with Crippen molar-refractivity contribution >= 4 is 22.5 Å². The summed E-state index contributed by atoms with van der Waals surface area (Å²) >= 11 is 0. The molecule has 190 valence electrons. The predicted octanol–water partition coefficient (Wildman–Crippen LogP) is 4.72. The third-order valence-electron chi connectivity index (χ3n) is 5.95. The second-order valence-corrected chi connectivity index (χ2v) is 8.12. The van der Waals surface area contributed by atoms with E-state index >= 15 is 0 Å². The highest BCUT2D eigenvalue weighted by molar-refractivity contribution is 6.16. The molecule has 9 heteroatoms. The fourth-order valence-corrected chi connectivity index (χ4v) is 4.09. The number of ether oxygens (including phenoxy) is 6. The van der Waals surface area contributed by atoms with Gasteiger partial charge in [0, 0.05) is 16.5 Å². The van der Waals surface area contributed by atoms with Gasteiger partial charge in [0.2, 0.25) is 5.75 Å². The molecule has 0 spiro atoms. The van der Waals surface area contributed by atoms with Gasteiger partial charge >= 0.3 is 0 Å². The Balaban J connectivity index is 1.37. The monoisotopic (exact) mass is 504 g/mol. The first-order valence-corrected chi connectivity index (χ1v) is 11.4. The number of hydrogen-bond acceptors (Lipinski definition) is 9. The normalized spacial score (nSPS) is 12.2. The fourth-order valence-electron chi connectivity index (χ4n) is 4.09. The first kappa shape index (κ1) is 24.1. The van der Waals surface area contributed by atoms with Gasteiger partial charge in [0.05, 0.1) is 26.9 Å². The molecule has 0 amide bonds. The lowest BCUT2D eigenvalue weighted by molar-refractivity contribution is 0.0920. The van der Waals surface area contributed by atoms with Gasteiger partial charge in [-0.1, -0.05) is 0 Å². The van der Waals surface area contributed by atoms with Crippen molar-refractivity contribution in [3.05, 3.63) is 71.5 Å². The zero-order valence-corrected chi connectivity index (χ0v) is 20.5. The van der Waals surface area contributed by atoms with Gasteiger partial charge in [0.25, 0.3) is 0 Å². The van der Waals surface area contributed by atoms with Crippen LogP contribution in [0.1, 0.15) is 26.3 Å². The number of rotatable bonds is 9. The Morgan fingerprint density at radius 3 is 2.24 bits per heavy atom. The molecule has 0 saturated carbocycles. The number of carbonyl (C=O) groups excluding carboxylic acids is 2. The van der Waals surface area contributed by atoms with Gasteiger partial charge in [0.1, 0.15) is 30.8 Å². The molecule has 0 saturated heterocycles. The summed E-state index contributed by atoms with van der Waals surface area (Å²) in [5.74, 6) is 2.14. The van der Waals surface area contributed by atoms with E-state index in [2.05, 4.69) is 0 Å². The Morgan fingerprint density at radius 2 is 1.54 bits per heavy atom. The smallest absolute Gasteiger partial charge is 0.203 e. The molecule has 0 radical (unpaired) electrons. The molecular formula is C28H24O9. The van der Waals surface area contributed by atoms with E-state index < -0.39 is 0 Å². The Labute approximate surface area is 212 Å². The molecule has 2 heterocycles. The Morgan fingerprint density at radius 1 is 0.811 bits per heavy atom. The summed E-state index contributed by atoms with van der Waals surface area (Å²) in [6.07, 6.45) is 1.39. The number of methoxy groups -OCH3 is 3. The van der Waals surface area contributed by atoms with E-state index in [1.54, 1.807) is 48.5 Å². The van der Waals surface area contributed by atoms with Crippen LogP contribution >= 0.6 is 0 Å². The highest BCUT2D eigenvalue weighted by atomic mass is 16.6. The van der Waals surface area contributed by atoms with Crippen LogP contribution in [0.4, 0.5) is 0 Å².